The molecule has 0 fully saturated rings. The summed E-state index contributed by atoms with van der Waals surface area (Å²) in [6, 6.07) is 8.32. The summed E-state index contributed by atoms with van der Waals surface area (Å²) in [5.74, 6) is 0.933. The van der Waals surface area contributed by atoms with Gasteiger partial charge >= 0.3 is 0 Å². The third-order valence-electron chi connectivity index (χ3n) is 2.15. The second-order valence-corrected chi connectivity index (χ2v) is 3.47. The molecule has 1 aromatic carbocycles. The van der Waals surface area contributed by atoms with Crippen LogP contribution < -0.4 is 10.2 Å². The highest BCUT2D eigenvalue weighted by Gasteiger charge is 2.06. The first-order chi connectivity index (χ1) is 7.27. The number of para-hydroxylation sites is 1. The van der Waals surface area contributed by atoms with Crippen LogP contribution in [0.1, 0.15) is 19.4 Å². The van der Waals surface area contributed by atoms with Crippen molar-refractivity contribution in [3.63, 3.8) is 0 Å². The number of hydrogen-bond acceptors (Lipinski definition) is 3. The summed E-state index contributed by atoms with van der Waals surface area (Å²) in [7, 11) is 1.69. The molecule has 1 N–H and O–H groups in total. The summed E-state index contributed by atoms with van der Waals surface area (Å²) >= 11 is 0. The van der Waals surface area contributed by atoms with Gasteiger partial charge in [0.1, 0.15) is 5.75 Å². The van der Waals surface area contributed by atoms with Gasteiger partial charge in [-0.3, -0.25) is 0 Å². The fourth-order valence-corrected chi connectivity index (χ4v) is 1.47. The van der Waals surface area contributed by atoms with Gasteiger partial charge in [-0.05, 0) is 31.9 Å². The zero-order chi connectivity index (χ0) is 11.1. The molecule has 0 aliphatic carbocycles. The van der Waals surface area contributed by atoms with Crippen molar-refractivity contribution < 1.29 is 9.57 Å². The molecule has 3 heteroatoms. The number of benzene rings is 1. The molecule has 0 spiro atoms. The molecule has 0 bridgehead atoms. The molecule has 1 rings (SSSR count). The van der Waals surface area contributed by atoms with Crippen molar-refractivity contribution in [1.82, 2.24) is 5.48 Å². The Kier molecular flexibility index (Phi) is 5.15. The van der Waals surface area contributed by atoms with Gasteiger partial charge < -0.3 is 9.57 Å². The molecule has 0 heterocycles. The summed E-state index contributed by atoms with van der Waals surface area (Å²) in [6.45, 7) is 4.72. The van der Waals surface area contributed by atoms with Crippen LogP contribution in [-0.4, -0.2) is 19.8 Å². The van der Waals surface area contributed by atoms with Crippen LogP contribution >= 0.6 is 0 Å². The average molecular weight is 209 g/mol. The van der Waals surface area contributed by atoms with Gasteiger partial charge in [-0.25, -0.2) is 0 Å². The molecule has 0 radical (unpaired) electrons. The van der Waals surface area contributed by atoms with E-state index in [0.29, 0.717) is 6.61 Å². The van der Waals surface area contributed by atoms with Crippen molar-refractivity contribution >= 4 is 0 Å². The SMILES string of the molecule is CCONC(C)Cc1ccccc1OC. The number of nitrogens with one attached hydrogen (secondary N) is 1. The third-order valence-corrected chi connectivity index (χ3v) is 2.15. The van der Waals surface area contributed by atoms with Gasteiger partial charge in [0.05, 0.1) is 13.7 Å². The van der Waals surface area contributed by atoms with Crippen molar-refractivity contribution in [2.24, 2.45) is 0 Å². The molecular formula is C12H19NO2. The Morgan fingerprint density at radius 1 is 1.33 bits per heavy atom. The van der Waals surface area contributed by atoms with E-state index in [-0.39, 0.29) is 6.04 Å². The lowest BCUT2D eigenvalue weighted by molar-refractivity contribution is 0.0289. The van der Waals surface area contributed by atoms with Gasteiger partial charge in [-0.2, -0.15) is 5.48 Å². The van der Waals surface area contributed by atoms with Crippen LogP contribution in [-0.2, 0) is 11.3 Å². The Balaban J connectivity index is 2.55. The van der Waals surface area contributed by atoms with E-state index in [9.17, 15) is 0 Å². The average Bonchev–Trinajstić information content (AvgIpc) is 2.27. The predicted molar refractivity (Wildman–Crippen MR) is 60.9 cm³/mol. The van der Waals surface area contributed by atoms with Crippen molar-refractivity contribution in [2.75, 3.05) is 13.7 Å². The standard InChI is InChI=1S/C12H19NO2/c1-4-15-13-10(2)9-11-7-5-6-8-12(11)14-3/h5-8,10,13H,4,9H2,1-3H3. The number of methoxy groups -OCH3 is 1. The number of hydroxylamine groups is 1. The summed E-state index contributed by atoms with van der Waals surface area (Å²) in [5, 5.41) is 0. The lowest BCUT2D eigenvalue weighted by Crippen LogP contribution is -2.28. The highest BCUT2D eigenvalue weighted by Crippen LogP contribution is 2.18. The van der Waals surface area contributed by atoms with Gasteiger partial charge in [0.15, 0.2) is 0 Å². The Morgan fingerprint density at radius 2 is 2.07 bits per heavy atom. The molecule has 15 heavy (non-hydrogen) atoms. The number of hydrogen-bond donors (Lipinski definition) is 1. The number of ether oxygens (including phenoxy) is 1. The zero-order valence-corrected chi connectivity index (χ0v) is 9.62. The first kappa shape index (κ1) is 12.0. The maximum absolute atomic E-state index is 5.28. The lowest BCUT2D eigenvalue weighted by atomic mass is 10.1. The van der Waals surface area contributed by atoms with Crippen LogP contribution in [0.25, 0.3) is 0 Å². The molecule has 0 aliphatic heterocycles. The Labute approximate surface area is 91.4 Å². The Bertz CT molecular complexity index is 289. The maximum Gasteiger partial charge on any atom is 0.122 e. The van der Waals surface area contributed by atoms with Gasteiger partial charge in [0.25, 0.3) is 0 Å². The second-order valence-electron chi connectivity index (χ2n) is 3.47. The molecule has 3 nitrogen and oxygen atoms in total. The molecule has 1 atom stereocenters. The van der Waals surface area contributed by atoms with Crippen molar-refractivity contribution in [3.8, 4) is 5.75 Å². The lowest BCUT2D eigenvalue weighted by Gasteiger charge is -2.14. The van der Waals surface area contributed by atoms with E-state index >= 15 is 0 Å². The van der Waals surface area contributed by atoms with Gasteiger partial charge in [0, 0.05) is 6.04 Å². The van der Waals surface area contributed by atoms with Crippen molar-refractivity contribution in [3.05, 3.63) is 29.8 Å². The van der Waals surface area contributed by atoms with E-state index in [4.69, 9.17) is 9.57 Å². The highest BCUT2D eigenvalue weighted by atomic mass is 16.6. The Hall–Kier alpha value is -1.06. The zero-order valence-electron chi connectivity index (χ0n) is 9.62. The topological polar surface area (TPSA) is 30.5 Å². The van der Waals surface area contributed by atoms with Gasteiger partial charge in [0.2, 0.25) is 0 Å². The van der Waals surface area contributed by atoms with Crippen LogP contribution in [0.15, 0.2) is 24.3 Å². The van der Waals surface area contributed by atoms with Gasteiger partial charge in [-0.15, -0.1) is 0 Å². The van der Waals surface area contributed by atoms with Crippen molar-refractivity contribution in [1.29, 1.82) is 0 Å². The minimum atomic E-state index is 0.279. The smallest absolute Gasteiger partial charge is 0.122 e. The fraction of sp³-hybridized carbons (Fsp3) is 0.500. The normalized spacial score (nSPS) is 12.5. The second kappa shape index (κ2) is 6.43. The van der Waals surface area contributed by atoms with E-state index in [1.807, 2.05) is 25.1 Å². The summed E-state index contributed by atoms with van der Waals surface area (Å²) in [5.41, 5.74) is 4.17. The van der Waals surface area contributed by atoms with Crippen LogP contribution in [0.4, 0.5) is 0 Å². The van der Waals surface area contributed by atoms with Crippen molar-refractivity contribution in [2.45, 2.75) is 26.3 Å². The molecule has 0 aromatic heterocycles. The third kappa shape index (κ3) is 3.90. The van der Waals surface area contributed by atoms with E-state index in [1.54, 1.807) is 7.11 Å². The van der Waals surface area contributed by atoms with E-state index in [2.05, 4.69) is 18.5 Å². The minimum Gasteiger partial charge on any atom is -0.496 e. The predicted octanol–water partition coefficient (Wildman–Crippen LogP) is 2.17. The first-order valence-electron chi connectivity index (χ1n) is 5.27. The largest absolute Gasteiger partial charge is 0.496 e. The van der Waals surface area contributed by atoms with Crippen LogP contribution in [0, 0.1) is 0 Å². The minimum absolute atomic E-state index is 0.279. The van der Waals surface area contributed by atoms with E-state index in [0.717, 1.165) is 12.2 Å². The van der Waals surface area contributed by atoms with Crippen LogP contribution in [0.2, 0.25) is 0 Å². The fourth-order valence-electron chi connectivity index (χ4n) is 1.47. The quantitative estimate of drug-likeness (QED) is 0.728. The number of rotatable bonds is 6. The molecule has 1 unspecified atom stereocenters. The van der Waals surface area contributed by atoms with Gasteiger partial charge in [-0.1, -0.05) is 18.2 Å². The summed E-state index contributed by atoms with van der Waals surface area (Å²) in [4.78, 5) is 5.15. The molecule has 0 saturated carbocycles. The van der Waals surface area contributed by atoms with E-state index in [1.165, 1.54) is 5.56 Å². The van der Waals surface area contributed by atoms with Crippen LogP contribution in [0.3, 0.4) is 0 Å². The maximum atomic E-state index is 5.28. The highest BCUT2D eigenvalue weighted by molar-refractivity contribution is 5.33. The van der Waals surface area contributed by atoms with E-state index < -0.39 is 0 Å². The molecule has 1 aromatic rings. The molecule has 0 amide bonds. The first-order valence-corrected chi connectivity index (χ1v) is 5.27. The molecule has 0 aliphatic rings. The molecule has 84 valence electrons. The summed E-state index contributed by atoms with van der Waals surface area (Å²) < 4.78 is 5.28. The summed E-state index contributed by atoms with van der Waals surface area (Å²) in [6.07, 6.45) is 0.893. The Morgan fingerprint density at radius 3 is 2.73 bits per heavy atom. The molecule has 0 saturated heterocycles. The monoisotopic (exact) mass is 209 g/mol. The van der Waals surface area contributed by atoms with Crippen LogP contribution in [0.5, 0.6) is 5.75 Å². The molecular weight excluding hydrogens is 190 g/mol.